The van der Waals surface area contributed by atoms with Crippen LogP contribution < -0.4 is 20.1 Å². The van der Waals surface area contributed by atoms with Crippen molar-refractivity contribution in [3.05, 3.63) is 41.0 Å². The fourth-order valence-electron chi connectivity index (χ4n) is 5.62. The SMILES string of the molecule is C=CC(=O)C[C@H]1CCOC[C@H]1Nc1ncc2cc(-c3c(Cl)c(OC)cc(OC)c3Cl)nc(NCC3CCCC3)c2n1. The van der Waals surface area contributed by atoms with Crippen molar-refractivity contribution < 1.29 is 19.0 Å². The van der Waals surface area contributed by atoms with Crippen LogP contribution in [0.3, 0.4) is 0 Å². The average molecular weight is 601 g/mol. The molecule has 2 aliphatic rings. The maximum Gasteiger partial charge on any atom is 0.223 e. The highest BCUT2D eigenvalue weighted by atomic mass is 35.5. The Balaban J connectivity index is 1.54. The number of hydrogen-bond acceptors (Lipinski definition) is 9. The van der Waals surface area contributed by atoms with Gasteiger partial charge in [0, 0.05) is 42.8 Å². The van der Waals surface area contributed by atoms with Crippen molar-refractivity contribution in [1.29, 1.82) is 0 Å². The van der Waals surface area contributed by atoms with Gasteiger partial charge in [0.1, 0.15) is 17.0 Å². The van der Waals surface area contributed by atoms with E-state index in [1.807, 2.05) is 6.07 Å². The fraction of sp³-hybridized carbons (Fsp3) is 0.467. The summed E-state index contributed by atoms with van der Waals surface area (Å²) in [5.74, 6) is 2.61. The summed E-state index contributed by atoms with van der Waals surface area (Å²) in [4.78, 5) is 26.5. The van der Waals surface area contributed by atoms with E-state index >= 15 is 0 Å². The van der Waals surface area contributed by atoms with Gasteiger partial charge in [0.25, 0.3) is 0 Å². The number of carbonyl (C=O) groups is 1. The molecule has 1 aliphatic heterocycles. The molecular formula is C30H35Cl2N5O4. The molecule has 11 heteroatoms. The van der Waals surface area contributed by atoms with Gasteiger partial charge in [0.15, 0.2) is 11.6 Å². The summed E-state index contributed by atoms with van der Waals surface area (Å²) in [5, 5.41) is 8.40. The predicted molar refractivity (Wildman–Crippen MR) is 162 cm³/mol. The van der Waals surface area contributed by atoms with Crippen LogP contribution in [0.5, 0.6) is 11.5 Å². The van der Waals surface area contributed by atoms with E-state index in [1.165, 1.54) is 31.8 Å². The largest absolute Gasteiger partial charge is 0.495 e. The number of anilines is 2. The van der Waals surface area contributed by atoms with Crippen molar-refractivity contribution in [1.82, 2.24) is 15.0 Å². The molecule has 1 aromatic carbocycles. The molecule has 0 unspecified atom stereocenters. The van der Waals surface area contributed by atoms with Crippen LogP contribution in [0.15, 0.2) is 31.0 Å². The highest BCUT2D eigenvalue weighted by Crippen LogP contribution is 2.46. The quantitative estimate of drug-likeness (QED) is 0.236. The number of rotatable bonds is 11. The Labute approximate surface area is 250 Å². The van der Waals surface area contributed by atoms with Gasteiger partial charge in [-0.25, -0.2) is 15.0 Å². The molecule has 0 radical (unpaired) electrons. The monoisotopic (exact) mass is 599 g/mol. The van der Waals surface area contributed by atoms with Crippen molar-refractivity contribution in [2.24, 2.45) is 11.8 Å². The minimum Gasteiger partial charge on any atom is -0.495 e. The second-order valence-electron chi connectivity index (χ2n) is 10.6. The minimum atomic E-state index is -0.103. The van der Waals surface area contributed by atoms with Crippen LogP contribution in [0.1, 0.15) is 38.5 Å². The first-order chi connectivity index (χ1) is 19.9. The topological polar surface area (TPSA) is 107 Å². The molecule has 1 aliphatic carbocycles. The molecule has 3 aromatic rings. The number of hydrogen-bond donors (Lipinski definition) is 2. The molecule has 218 valence electrons. The normalized spacial score (nSPS) is 19.2. The van der Waals surface area contributed by atoms with Gasteiger partial charge in [-0.05, 0) is 43.2 Å². The van der Waals surface area contributed by atoms with E-state index in [0.29, 0.717) is 75.6 Å². The summed E-state index contributed by atoms with van der Waals surface area (Å²) in [7, 11) is 3.08. The lowest BCUT2D eigenvalue weighted by atomic mass is 9.90. The summed E-state index contributed by atoms with van der Waals surface area (Å²) in [6.45, 7) is 5.48. The van der Waals surface area contributed by atoms with Gasteiger partial charge in [0.05, 0.1) is 42.6 Å². The minimum absolute atomic E-state index is 0.0183. The van der Waals surface area contributed by atoms with Gasteiger partial charge in [-0.2, -0.15) is 0 Å². The van der Waals surface area contributed by atoms with Gasteiger partial charge in [0.2, 0.25) is 5.95 Å². The Morgan fingerprint density at radius 1 is 1.12 bits per heavy atom. The third-order valence-electron chi connectivity index (χ3n) is 7.93. The molecule has 2 fully saturated rings. The van der Waals surface area contributed by atoms with Crippen LogP contribution in [0.25, 0.3) is 22.2 Å². The number of pyridine rings is 1. The maximum atomic E-state index is 12.1. The molecule has 0 spiro atoms. The zero-order valence-corrected chi connectivity index (χ0v) is 24.9. The molecule has 3 heterocycles. The second kappa shape index (κ2) is 13.2. The highest BCUT2D eigenvalue weighted by molar-refractivity contribution is 6.41. The van der Waals surface area contributed by atoms with Crippen LogP contribution in [0, 0.1) is 11.8 Å². The lowest BCUT2D eigenvalue weighted by Crippen LogP contribution is -2.40. The molecule has 0 amide bonds. The Morgan fingerprint density at radius 2 is 1.85 bits per heavy atom. The molecular weight excluding hydrogens is 565 g/mol. The van der Waals surface area contributed by atoms with Gasteiger partial charge in [-0.15, -0.1) is 0 Å². The molecule has 2 N–H and O–H groups in total. The molecule has 41 heavy (non-hydrogen) atoms. The summed E-state index contributed by atoms with van der Waals surface area (Å²) < 4.78 is 16.7. The Morgan fingerprint density at radius 3 is 2.54 bits per heavy atom. The number of allylic oxidation sites excluding steroid dienone is 1. The lowest BCUT2D eigenvalue weighted by molar-refractivity contribution is -0.116. The zero-order valence-electron chi connectivity index (χ0n) is 23.3. The van der Waals surface area contributed by atoms with Gasteiger partial charge in [-0.3, -0.25) is 4.79 Å². The first-order valence-corrected chi connectivity index (χ1v) is 14.7. The predicted octanol–water partition coefficient (Wildman–Crippen LogP) is 6.58. The van der Waals surface area contributed by atoms with Crippen molar-refractivity contribution in [3.63, 3.8) is 0 Å². The molecule has 2 atom stereocenters. The second-order valence-corrected chi connectivity index (χ2v) is 11.3. The van der Waals surface area contributed by atoms with E-state index in [9.17, 15) is 4.79 Å². The average Bonchev–Trinajstić information content (AvgIpc) is 3.51. The van der Waals surface area contributed by atoms with E-state index in [0.717, 1.165) is 18.4 Å². The van der Waals surface area contributed by atoms with E-state index in [2.05, 4.69) is 22.2 Å². The third-order valence-corrected chi connectivity index (χ3v) is 8.68. The molecule has 1 saturated carbocycles. The number of nitrogens with zero attached hydrogens (tertiary/aromatic N) is 3. The van der Waals surface area contributed by atoms with Crippen molar-refractivity contribution in [2.45, 2.75) is 44.6 Å². The first kappa shape index (κ1) is 29.4. The van der Waals surface area contributed by atoms with Gasteiger partial charge in [-0.1, -0.05) is 42.6 Å². The maximum absolute atomic E-state index is 12.1. The van der Waals surface area contributed by atoms with E-state index in [1.54, 1.807) is 26.5 Å². The third kappa shape index (κ3) is 6.52. The number of ether oxygens (including phenoxy) is 3. The number of halogens is 2. The zero-order chi connectivity index (χ0) is 28.9. The lowest BCUT2D eigenvalue weighted by Gasteiger charge is -2.31. The van der Waals surface area contributed by atoms with Crippen LogP contribution in [-0.2, 0) is 9.53 Å². The number of carbonyl (C=O) groups excluding carboxylic acids is 1. The van der Waals surface area contributed by atoms with Crippen LogP contribution in [0.2, 0.25) is 10.0 Å². The van der Waals surface area contributed by atoms with E-state index < -0.39 is 0 Å². The van der Waals surface area contributed by atoms with Crippen LogP contribution in [0.4, 0.5) is 11.8 Å². The van der Waals surface area contributed by atoms with Crippen LogP contribution >= 0.6 is 23.2 Å². The highest BCUT2D eigenvalue weighted by Gasteiger charge is 2.28. The van der Waals surface area contributed by atoms with Gasteiger partial charge < -0.3 is 24.8 Å². The number of fused-ring (bicyclic) bond motifs is 1. The summed E-state index contributed by atoms with van der Waals surface area (Å²) in [6, 6.07) is 3.41. The Kier molecular flexibility index (Phi) is 9.47. The van der Waals surface area contributed by atoms with Crippen molar-refractivity contribution in [3.8, 4) is 22.8 Å². The van der Waals surface area contributed by atoms with Crippen LogP contribution in [-0.4, -0.2) is 60.8 Å². The number of benzene rings is 1. The number of nitrogens with one attached hydrogen (secondary N) is 2. The molecule has 2 aromatic heterocycles. The fourth-order valence-corrected chi connectivity index (χ4v) is 6.31. The molecule has 5 rings (SSSR count). The standard InChI is InChI=1S/C30H35Cl2N5O4/c1-4-20(38)11-18-9-10-41-16-22(18)36-30-34-15-19-12-21(25-26(31)23(39-2)13-24(40-3)27(25)32)35-29(28(19)37-30)33-14-17-7-5-6-8-17/h4,12-13,15,17-18,22H,1,5-11,14,16H2,2-3H3,(H,33,35)(H,34,36,37)/t18-,22-/m1/s1. The molecule has 9 nitrogen and oxygen atoms in total. The Hall–Kier alpha value is -3.14. The van der Waals surface area contributed by atoms with Gasteiger partial charge >= 0.3 is 0 Å². The summed E-state index contributed by atoms with van der Waals surface area (Å²) in [6.07, 6.45) is 9.16. The Bertz CT molecular complexity index is 1400. The number of methoxy groups -OCH3 is 2. The van der Waals surface area contributed by atoms with E-state index in [-0.39, 0.29) is 17.7 Å². The number of aromatic nitrogens is 3. The summed E-state index contributed by atoms with van der Waals surface area (Å²) >= 11 is 13.5. The molecule has 0 bridgehead atoms. The van der Waals surface area contributed by atoms with Crippen molar-refractivity contribution in [2.75, 3.05) is 44.6 Å². The van der Waals surface area contributed by atoms with E-state index in [4.69, 9.17) is 47.4 Å². The smallest absolute Gasteiger partial charge is 0.223 e. The first-order valence-electron chi connectivity index (χ1n) is 13.9. The molecule has 1 saturated heterocycles. The summed E-state index contributed by atoms with van der Waals surface area (Å²) in [5.41, 5.74) is 1.72. The number of ketones is 1. The van der Waals surface area contributed by atoms with Crippen molar-refractivity contribution >= 4 is 51.7 Å².